The molecule has 98 valence electrons. The van der Waals surface area contributed by atoms with Crippen molar-refractivity contribution in [2.24, 2.45) is 0 Å². The number of halogens is 1. The molecule has 2 N–H and O–H groups in total. The van der Waals surface area contributed by atoms with Crippen LogP contribution in [0.4, 0.5) is 0 Å². The molecule has 2 rings (SSSR count). The van der Waals surface area contributed by atoms with Crippen molar-refractivity contribution in [2.45, 2.75) is 32.3 Å². The van der Waals surface area contributed by atoms with Crippen LogP contribution in [-0.2, 0) is 0 Å². The molecule has 1 aromatic heterocycles. The maximum atomic E-state index is 10.2. The third-order valence-corrected chi connectivity index (χ3v) is 3.30. The van der Waals surface area contributed by atoms with E-state index in [9.17, 15) is 5.11 Å². The Kier molecular flexibility index (Phi) is 6.73. The van der Waals surface area contributed by atoms with Crippen molar-refractivity contribution in [3.05, 3.63) is 28.2 Å². The molecule has 0 saturated heterocycles. The standard InChI is InChI=1S/C12H15BrN4O.Li.H/c1-2-3-4-11(18)9-6-5-8(13)7-10(9)12-14-16-17-15-12;;/h5-7,11,18H,2-4H2,1H3,(H,14,15,16,17);;. The maximum absolute atomic E-state index is 10.2. The zero-order chi connectivity index (χ0) is 13.0. The number of aliphatic hydroxyl groups excluding tert-OH is 1. The van der Waals surface area contributed by atoms with E-state index in [1.165, 1.54) is 0 Å². The Labute approximate surface area is 132 Å². The van der Waals surface area contributed by atoms with Gasteiger partial charge in [-0.15, -0.1) is 5.10 Å². The summed E-state index contributed by atoms with van der Waals surface area (Å²) in [5.74, 6) is 0.571. The minimum absolute atomic E-state index is 0. The molecular formula is C12H16BrLiN4O. The molecule has 5 nitrogen and oxygen atoms in total. The van der Waals surface area contributed by atoms with Crippen LogP contribution in [0.1, 0.15) is 37.9 Å². The number of aliphatic hydroxyl groups is 1. The number of hydrogen-bond acceptors (Lipinski definition) is 4. The topological polar surface area (TPSA) is 74.7 Å². The molecular weight excluding hydrogens is 303 g/mol. The summed E-state index contributed by atoms with van der Waals surface area (Å²) in [7, 11) is 0. The van der Waals surface area contributed by atoms with Crippen LogP contribution in [-0.4, -0.2) is 44.6 Å². The van der Waals surface area contributed by atoms with Gasteiger partial charge in [0.2, 0.25) is 0 Å². The fraction of sp³-hybridized carbons (Fsp3) is 0.417. The quantitative estimate of drug-likeness (QED) is 0.829. The third kappa shape index (κ3) is 4.15. The number of benzene rings is 1. The van der Waals surface area contributed by atoms with E-state index in [1.54, 1.807) is 0 Å². The van der Waals surface area contributed by atoms with Crippen LogP contribution in [0.25, 0.3) is 11.4 Å². The Balaban J connectivity index is 0.00000180. The summed E-state index contributed by atoms with van der Waals surface area (Å²) in [6, 6.07) is 5.73. The van der Waals surface area contributed by atoms with Crippen LogP contribution in [0.3, 0.4) is 0 Å². The van der Waals surface area contributed by atoms with E-state index < -0.39 is 6.10 Å². The molecule has 1 atom stereocenters. The van der Waals surface area contributed by atoms with Gasteiger partial charge in [0.05, 0.1) is 6.10 Å². The van der Waals surface area contributed by atoms with E-state index in [2.05, 4.69) is 43.5 Å². The summed E-state index contributed by atoms with van der Waals surface area (Å²) in [6.45, 7) is 2.11. The van der Waals surface area contributed by atoms with Crippen molar-refractivity contribution in [2.75, 3.05) is 0 Å². The molecule has 2 aromatic rings. The van der Waals surface area contributed by atoms with Crippen LogP contribution in [0.2, 0.25) is 0 Å². The number of unbranched alkanes of at least 4 members (excludes halogenated alkanes) is 1. The predicted molar refractivity (Wildman–Crippen MR) is 78.9 cm³/mol. The van der Waals surface area contributed by atoms with Crippen molar-refractivity contribution in [3.8, 4) is 11.4 Å². The van der Waals surface area contributed by atoms with Gasteiger partial charge in [-0.25, -0.2) is 5.10 Å². The number of nitrogens with one attached hydrogen (secondary N) is 1. The zero-order valence-electron chi connectivity index (χ0n) is 10.1. The fourth-order valence-corrected chi connectivity index (χ4v) is 2.21. The molecule has 1 unspecified atom stereocenters. The molecule has 1 aromatic carbocycles. The first-order valence-electron chi connectivity index (χ1n) is 5.94. The van der Waals surface area contributed by atoms with Crippen LogP contribution in [0.15, 0.2) is 22.7 Å². The summed E-state index contributed by atoms with van der Waals surface area (Å²) < 4.78 is 0.931. The van der Waals surface area contributed by atoms with E-state index in [0.717, 1.165) is 34.9 Å². The Morgan fingerprint density at radius 2 is 2.21 bits per heavy atom. The summed E-state index contributed by atoms with van der Waals surface area (Å²) in [6.07, 6.45) is 2.31. The van der Waals surface area contributed by atoms with Gasteiger partial charge < -0.3 is 5.11 Å². The van der Waals surface area contributed by atoms with Crippen LogP contribution in [0.5, 0.6) is 0 Å². The number of nitrogens with zero attached hydrogens (tertiary/aromatic N) is 3. The van der Waals surface area contributed by atoms with E-state index in [0.29, 0.717) is 5.82 Å². The zero-order valence-corrected chi connectivity index (χ0v) is 11.7. The molecule has 0 spiro atoms. The van der Waals surface area contributed by atoms with E-state index in [1.807, 2.05) is 18.2 Å². The van der Waals surface area contributed by atoms with Gasteiger partial charge in [-0.2, -0.15) is 0 Å². The number of H-pyrrole nitrogens is 1. The van der Waals surface area contributed by atoms with Crippen LogP contribution < -0.4 is 0 Å². The second-order valence-corrected chi connectivity index (χ2v) is 5.06. The average Bonchev–Trinajstić information content (AvgIpc) is 2.89. The van der Waals surface area contributed by atoms with Gasteiger partial charge in [0, 0.05) is 10.0 Å². The number of tetrazole rings is 1. The molecule has 1 heterocycles. The van der Waals surface area contributed by atoms with Crippen molar-refractivity contribution in [3.63, 3.8) is 0 Å². The van der Waals surface area contributed by atoms with Crippen molar-refractivity contribution >= 4 is 34.8 Å². The summed E-state index contributed by atoms with van der Waals surface area (Å²) >= 11 is 3.42. The van der Waals surface area contributed by atoms with Gasteiger partial charge in [0.1, 0.15) is 0 Å². The molecule has 19 heavy (non-hydrogen) atoms. The van der Waals surface area contributed by atoms with Gasteiger partial charge in [-0.3, -0.25) is 0 Å². The molecule has 0 fully saturated rings. The second-order valence-electron chi connectivity index (χ2n) is 4.14. The number of aromatic nitrogens is 4. The van der Waals surface area contributed by atoms with Crippen molar-refractivity contribution in [1.82, 2.24) is 20.6 Å². The molecule has 0 amide bonds. The van der Waals surface area contributed by atoms with E-state index in [4.69, 9.17) is 0 Å². The Bertz CT molecular complexity index is 506. The summed E-state index contributed by atoms with van der Waals surface area (Å²) in [5, 5.41) is 24.0. The first-order chi connectivity index (χ1) is 8.72. The molecule has 0 aliphatic rings. The van der Waals surface area contributed by atoms with Crippen molar-refractivity contribution in [1.29, 1.82) is 0 Å². The third-order valence-electron chi connectivity index (χ3n) is 2.81. The molecule has 0 saturated carbocycles. The first-order valence-corrected chi connectivity index (χ1v) is 6.73. The van der Waals surface area contributed by atoms with Gasteiger partial charge in [0.15, 0.2) is 5.82 Å². The Hall–Kier alpha value is -0.673. The molecule has 7 heteroatoms. The monoisotopic (exact) mass is 318 g/mol. The van der Waals surface area contributed by atoms with E-state index >= 15 is 0 Å². The van der Waals surface area contributed by atoms with Crippen LogP contribution in [0, 0.1) is 0 Å². The van der Waals surface area contributed by atoms with Crippen LogP contribution >= 0.6 is 15.9 Å². The molecule has 0 bridgehead atoms. The number of rotatable bonds is 5. The predicted octanol–water partition coefficient (Wildman–Crippen LogP) is 2.20. The average molecular weight is 319 g/mol. The minimum atomic E-state index is -0.488. The number of hydrogen-bond donors (Lipinski definition) is 2. The summed E-state index contributed by atoms with van der Waals surface area (Å²) in [5.41, 5.74) is 1.68. The van der Waals surface area contributed by atoms with E-state index in [-0.39, 0.29) is 18.9 Å². The SMILES string of the molecule is CCCCC(O)c1ccc(Br)cc1-c1nnn[nH]1.[LiH]. The normalized spacial score (nSPS) is 11.9. The second kappa shape index (κ2) is 7.81. The molecule has 0 aliphatic heterocycles. The first kappa shape index (κ1) is 16.4. The van der Waals surface area contributed by atoms with Gasteiger partial charge >= 0.3 is 18.9 Å². The van der Waals surface area contributed by atoms with Gasteiger partial charge in [0.25, 0.3) is 0 Å². The molecule has 0 radical (unpaired) electrons. The number of aromatic amines is 1. The van der Waals surface area contributed by atoms with Crippen molar-refractivity contribution < 1.29 is 5.11 Å². The Morgan fingerprint density at radius 3 is 2.84 bits per heavy atom. The van der Waals surface area contributed by atoms with Gasteiger partial charge in [-0.05, 0) is 34.5 Å². The fourth-order valence-electron chi connectivity index (χ4n) is 1.85. The van der Waals surface area contributed by atoms with Gasteiger partial charge in [-0.1, -0.05) is 41.8 Å². The summed E-state index contributed by atoms with van der Waals surface area (Å²) in [4.78, 5) is 0. The molecule has 0 aliphatic carbocycles. The Morgan fingerprint density at radius 1 is 1.42 bits per heavy atom.